The van der Waals surface area contributed by atoms with E-state index in [2.05, 4.69) is 21.2 Å². The van der Waals surface area contributed by atoms with Gasteiger partial charge in [0, 0.05) is 10.0 Å². The molecular weight excluding hydrogens is 402 g/mol. The van der Waals surface area contributed by atoms with Gasteiger partial charge in [-0.3, -0.25) is 4.79 Å². The maximum atomic E-state index is 12.3. The number of Topliss-reactive ketones (excluding diaryl/α,β-unsaturated/α-hetero) is 1. The average Bonchev–Trinajstić information content (AvgIpc) is 2.48. The predicted octanol–water partition coefficient (Wildman–Crippen LogP) is 4.03. The van der Waals surface area contributed by atoms with Crippen molar-refractivity contribution in [2.24, 2.45) is 5.92 Å². The number of rotatable bonds is 6. The number of aryl methyl sites for hydroxylation is 1. The van der Waals surface area contributed by atoms with E-state index >= 15 is 0 Å². The first-order valence-corrected chi connectivity index (χ1v) is 9.15. The van der Waals surface area contributed by atoms with E-state index < -0.39 is 23.7 Å². The summed E-state index contributed by atoms with van der Waals surface area (Å²) in [5.41, 5.74) is 0.597. The van der Waals surface area contributed by atoms with Crippen LogP contribution in [0.1, 0.15) is 50.5 Å². The standard InChI is InChI=1S/C19H26BrNO5/c1-11(2)16(21-18(24)26-19(4,5)6)17(23)25-10-15(22)14-8-7-13(20)9-12(14)3/h7-9,11,16H,10H2,1-6H3,(H,21,24). The van der Waals surface area contributed by atoms with Crippen molar-refractivity contribution in [3.8, 4) is 0 Å². The van der Waals surface area contributed by atoms with E-state index in [1.54, 1.807) is 53.7 Å². The molecule has 1 rings (SSSR count). The minimum atomic E-state index is -0.899. The molecule has 0 radical (unpaired) electrons. The van der Waals surface area contributed by atoms with Crippen LogP contribution in [-0.2, 0) is 14.3 Å². The summed E-state index contributed by atoms with van der Waals surface area (Å²) >= 11 is 3.34. The van der Waals surface area contributed by atoms with Gasteiger partial charge in [0.25, 0.3) is 0 Å². The van der Waals surface area contributed by atoms with Gasteiger partial charge in [-0.05, 0) is 57.4 Å². The number of ether oxygens (including phenoxy) is 2. The van der Waals surface area contributed by atoms with Crippen molar-refractivity contribution in [3.63, 3.8) is 0 Å². The van der Waals surface area contributed by atoms with Crippen molar-refractivity contribution < 1.29 is 23.9 Å². The number of benzene rings is 1. The normalized spacial score (nSPS) is 12.5. The first-order chi connectivity index (χ1) is 11.9. The van der Waals surface area contributed by atoms with E-state index in [1.807, 2.05) is 6.07 Å². The van der Waals surface area contributed by atoms with E-state index in [-0.39, 0.29) is 18.3 Å². The van der Waals surface area contributed by atoms with E-state index in [0.717, 1.165) is 10.0 Å². The van der Waals surface area contributed by atoms with Crippen LogP contribution in [0.3, 0.4) is 0 Å². The summed E-state index contributed by atoms with van der Waals surface area (Å²) in [6.07, 6.45) is -0.705. The lowest BCUT2D eigenvalue weighted by molar-refractivity contribution is -0.146. The SMILES string of the molecule is Cc1cc(Br)ccc1C(=O)COC(=O)C(NC(=O)OC(C)(C)C)C(C)C. The number of hydrogen-bond acceptors (Lipinski definition) is 5. The topological polar surface area (TPSA) is 81.7 Å². The van der Waals surface area contributed by atoms with Crippen LogP contribution in [0.25, 0.3) is 0 Å². The largest absolute Gasteiger partial charge is 0.456 e. The third-order valence-corrected chi connectivity index (χ3v) is 3.92. The molecule has 0 aliphatic carbocycles. The summed E-state index contributed by atoms with van der Waals surface area (Å²) in [5, 5.41) is 2.50. The van der Waals surface area contributed by atoms with Crippen LogP contribution in [0, 0.1) is 12.8 Å². The molecule has 0 aliphatic heterocycles. The molecule has 0 bridgehead atoms. The summed E-state index contributed by atoms with van der Waals surface area (Å²) in [7, 11) is 0. The Hall–Kier alpha value is -1.89. The molecule has 1 aromatic carbocycles. The molecule has 0 saturated heterocycles. The van der Waals surface area contributed by atoms with Gasteiger partial charge in [-0.1, -0.05) is 29.8 Å². The van der Waals surface area contributed by atoms with Gasteiger partial charge >= 0.3 is 12.1 Å². The molecule has 0 aromatic heterocycles. The zero-order valence-corrected chi connectivity index (χ0v) is 17.6. The highest BCUT2D eigenvalue weighted by Crippen LogP contribution is 2.17. The highest BCUT2D eigenvalue weighted by atomic mass is 79.9. The van der Waals surface area contributed by atoms with Crippen molar-refractivity contribution in [3.05, 3.63) is 33.8 Å². The van der Waals surface area contributed by atoms with Gasteiger partial charge in [-0.2, -0.15) is 0 Å². The molecule has 0 fully saturated rings. The molecular formula is C19H26BrNO5. The Morgan fingerprint density at radius 1 is 1.19 bits per heavy atom. The summed E-state index contributed by atoms with van der Waals surface area (Å²) < 4.78 is 11.2. The van der Waals surface area contributed by atoms with Gasteiger partial charge in [0.05, 0.1) is 0 Å². The molecule has 1 N–H and O–H groups in total. The number of esters is 1. The molecule has 0 spiro atoms. The van der Waals surface area contributed by atoms with E-state index in [4.69, 9.17) is 9.47 Å². The van der Waals surface area contributed by atoms with Gasteiger partial charge < -0.3 is 14.8 Å². The molecule has 0 saturated carbocycles. The fourth-order valence-electron chi connectivity index (χ4n) is 2.18. The van der Waals surface area contributed by atoms with Crippen molar-refractivity contribution in [1.29, 1.82) is 0 Å². The number of carbonyl (C=O) groups is 3. The fourth-order valence-corrected chi connectivity index (χ4v) is 2.65. The molecule has 6 nitrogen and oxygen atoms in total. The van der Waals surface area contributed by atoms with Gasteiger partial charge in [0.2, 0.25) is 5.78 Å². The Kier molecular flexibility index (Phi) is 7.81. The van der Waals surface area contributed by atoms with Crippen LogP contribution < -0.4 is 5.32 Å². The quantitative estimate of drug-likeness (QED) is 0.547. The average molecular weight is 428 g/mol. The molecule has 1 unspecified atom stereocenters. The fraction of sp³-hybridized carbons (Fsp3) is 0.526. The van der Waals surface area contributed by atoms with Crippen LogP contribution in [-0.4, -0.2) is 36.1 Å². The molecule has 1 amide bonds. The minimum absolute atomic E-state index is 0.223. The van der Waals surface area contributed by atoms with Crippen molar-refractivity contribution >= 4 is 33.8 Å². The number of amides is 1. The Morgan fingerprint density at radius 2 is 1.81 bits per heavy atom. The van der Waals surface area contributed by atoms with Crippen LogP contribution in [0.5, 0.6) is 0 Å². The number of alkyl carbamates (subject to hydrolysis) is 1. The second-order valence-electron chi connectivity index (χ2n) is 7.36. The third kappa shape index (κ3) is 7.15. The molecule has 0 aliphatic rings. The maximum Gasteiger partial charge on any atom is 0.408 e. The first kappa shape index (κ1) is 22.2. The van der Waals surface area contributed by atoms with Gasteiger partial charge in [0.15, 0.2) is 6.61 Å². The summed E-state index contributed by atoms with van der Waals surface area (Å²) in [5.74, 6) is -1.20. The highest BCUT2D eigenvalue weighted by molar-refractivity contribution is 9.10. The van der Waals surface area contributed by atoms with Gasteiger partial charge in [0.1, 0.15) is 11.6 Å². The number of hydrogen-bond donors (Lipinski definition) is 1. The number of carbonyl (C=O) groups excluding carboxylic acids is 3. The van der Waals surface area contributed by atoms with Gasteiger partial charge in [-0.25, -0.2) is 9.59 Å². The first-order valence-electron chi connectivity index (χ1n) is 8.36. The zero-order chi connectivity index (χ0) is 20.1. The lowest BCUT2D eigenvalue weighted by Gasteiger charge is -2.24. The summed E-state index contributed by atoms with van der Waals surface area (Å²) in [6, 6.07) is 4.34. The number of halogens is 1. The van der Waals surface area contributed by atoms with Crippen LogP contribution in [0.15, 0.2) is 22.7 Å². The molecule has 144 valence electrons. The minimum Gasteiger partial charge on any atom is -0.456 e. The predicted molar refractivity (Wildman–Crippen MR) is 102 cm³/mol. The second kappa shape index (κ2) is 9.16. The lowest BCUT2D eigenvalue weighted by atomic mass is 10.0. The Morgan fingerprint density at radius 3 is 2.31 bits per heavy atom. The van der Waals surface area contributed by atoms with E-state index in [9.17, 15) is 14.4 Å². The third-order valence-electron chi connectivity index (χ3n) is 3.43. The smallest absolute Gasteiger partial charge is 0.408 e. The molecule has 1 aromatic rings. The lowest BCUT2D eigenvalue weighted by Crippen LogP contribution is -2.47. The number of ketones is 1. The monoisotopic (exact) mass is 427 g/mol. The maximum absolute atomic E-state index is 12.3. The highest BCUT2D eigenvalue weighted by Gasteiger charge is 2.28. The Balaban J connectivity index is 2.70. The Bertz CT molecular complexity index is 679. The van der Waals surface area contributed by atoms with Crippen molar-refractivity contribution in [1.82, 2.24) is 5.32 Å². The van der Waals surface area contributed by atoms with Crippen LogP contribution in [0.2, 0.25) is 0 Å². The van der Waals surface area contributed by atoms with E-state index in [1.165, 1.54) is 0 Å². The van der Waals surface area contributed by atoms with Crippen LogP contribution >= 0.6 is 15.9 Å². The molecule has 0 heterocycles. The zero-order valence-electron chi connectivity index (χ0n) is 16.0. The number of nitrogens with one attached hydrogen (secondary N) is 1. The van der Waals surface area contributed by atoms with E-state index in [0.29, 0.717) is 5.56 Å². The molecule has 7 heteroatoms. The van der Waals surface area contributed by atoms with Gasteiger partial charge in [-0.15, -0.1) is 0 Å². The summed E-state index contributed by atoms with van der Waals surface area (Å²) in [6.45, 7) is 10.1. The van der Waals surface area contributed by atoms with Crippen LogP contribution in [0.4, 0.5) is 4.79 Å². The molecule has 1 atom stereocenters. The molecule has 26 heavy (non-hydrogen) atoms. The van der Waals surface area contributed by atoms with Crippen molar-refractivity contribution in [2.45, 2.75) is 53.2 Å². The second-order valence-corrected chi connectivity index (χ2v) is 8.27. The summed E-state index contributed by atoms with van der Waals surface area (Å²) in [4.78, 5) is 36.5. The van der Waals surface area contributed by atoms with Crippen molar-refractivity contribution in [2.75, 3.05) is 6.61 Å². The Labute approximate surface area is 162 Å².